The van der Waals surface area contributed by atoms with E-state index in [9.17, 15) is 9.59 Å². The quantitative estimate of drug-likeness (QED) is 0.513. The first-order valence-electron chi connectivity index (χ1n) is 6.37. The molecule has 0 spiro atoms. The van der Waals surface area contributed by atoms with Crippen LogP contribution in [0.4, 0.5) is 5.69 Å². The van der Waals surface area contributed by atoms with Crippen molar-refractivity contribution in [3.05, 3.63) is 47.7 Å². The van der Waals surface area contributed by atoms with Gasteiger partial charge in [0.05, 0.1) is 7.11 Å². The Morgan fingerprint density at radius 3 is 2.43 bits per heavy atom. The lowest BCUT2D eigenvalue weighted by Crippen LogP contribution is -2.25. The van der Waals surface area contributed by atoms with Gasteiger partial charge in [-0.25, -0.2) is 4.79 Å². The lowest BCUT2D eigenvalue weighted by atomic mass is 10.0. The van der Waals surface area contributed by atoms with Gasteiger partial charge in [-0.2, -0.15) is 0 Å². The van der Waals surface area contributed by atoms with Crippen LogP contribution in [0.2, 0.25) is 0 Å². The van der Waals surface area contributed by atoms with Crippen LogP contribution in [-0.4, -0.2) is 19.0 Å². The number of nitrogens with one attached hydrogen (secondary N) is 1. The number of nitrogens with two attached hydrogens (primary N) is 1. The summed E-state index contributed by atoms with van der Waals surface area (Å²) in [5.41, 5.74) is 7.45. The van der Waals surface area contributed by atoms with E-state index in [-0.39, 0.29) is 11.6 Å². The van der Waals surface area contributed by atoms with Gasteiger partial charge in [0.1, 0.15) is 5.70 Å². The van der Waals surface area contributed by atoms with Gasteiger partial charge in [0.2, 0.25) is 5.91 Å². The van der Waals surface area contributed by atoms with Crippen molar-refractivity contribution in [2.45, 2.75) is 6.92 Å². The summed E-state index contributed by atoms with van der Waals surface area (Å²) >= 11 is 0. The minimum absolute atomic E-state index is 0.0833. The van der Waals surface area contributed by atoms with Crippen LogP contribution in [0.15, 0.2) is 42.1 Å². The Bertz CT molecular complexity index is 735. The molecule has 0 aliphatic heterocycles. The van der Waals surface area contributed by atoms with Crippen LogP contribution in [0.3, 0.4) is 0 Å². The maximum atomic E-state index is 11.7. The Kier molecular flexibility index (Phi) is 4.23. The third-order valence-electron chi connectivity index (χ3n) is 3.01. The Labute approximate surface area is 122 Å². The van der Waals surface area contributed by atoms with Gasteiger partial charge >= 0.3 is 5.97 Å². The molecule has 1 amide bonds. The first-order valence-corrected chi connectivity index (χ1v) is 6.37. The van der Waals surface area contributed by atoms with E-state index in [2.05, 4.69) is 10.1 Å². The number of esters is 1. The Morgan fingerprint density at radius 2 is 1.81 bits per heavy atom. The smallest absolute Gasteiger partial charge is 0.354 e. The second-order valence-corrected chi connectivity index (χ2v) is 4.52. The van der Waals surface area contributed by atoms with Crippen molar-refractivity contribution in [1.29, 1.82) is 0 Å². The number of nitrogen functional groups attached to an aromatic ring is 1. The molecule has 0 aliphatic rings. The molecule has 2 rings (SSSR count). The maximum Gasteiger partial charge on any atom is 0.354 e. The molecular weight excluding hydrogens is 268 g/mol. The maximum absolute atomic E-state index is 11.7. The van der Waals surface area contributed by atoms with Gasteiger partial charge in [0.15, 0.2) is 0 Å². The van der Waals surface area contributed by atoms with Crippen LogP contribution in [-0.2, 0) is 14.3 Å². The van der Waals surface area contributed by atoms with Gasteiger partial charge in [-0.15, -0.1) is 0 Å². The van der Waals surface area contributed by atoms with E-state index in [1.807, 2.05) is 24.3 Å². The molecule has 0 aliphatic carbocycles. The topological polar surface area (TPSA) is 81.4 Å². The Balaban J connectivity index is 2.58. The number of benzene rings is 2. The first kappa shape index (κ1) is 14.6. The monoisotopic (exact) mass is 284 g/mol. The fraction of sp³-hybridized carbons (Fsp3) is 0.125. The van der Waals surface area contributed by atoms with E-state index < -0.39 is 5.97 Å². The van der Waals surface area contributed by atoms with E-state index in [0.29, 0.717) is 5.69 Å². The van der Waals surface area contributed by atoms with Gasteiger partial charge < -0.3 is 15.8 Å². The molecule has 0 fully saturated rings. The molecule has 5 heteroatoms. The second kappa shape index (κ2) is 6.09. The van der Waals surface area contributed by atoms with Crippen LogP contribution in [0.25, 0.3) is 16.8 Å². The lowest BCUT2D eigenvalue weighted by molar-refractivity contribution is -0.137. The molecular formula is C16H16N2O3. The number of ether oxygens (including phenoxy) is 1. The molecule has 0 saturated carbocycles. The van der Waals surface area contributed by atoms with Crippen molar-refractivity contribution in [2.75, 3.05) is 12.8 Å². The van der Waals surface area contributed by atoms with Crippen molar-refractivity contribution in [3.8, 4) is 0 Å². The molecule has 0 aromatic heterocycles. The highest BCUT2D eigenvalue weighted by Gasteiger charge is 2.12. The largest absolute Gasteiger partial charge is 0.464 e. The zero-order chi connectivity index (χ0) is 15.4. The van der Waals surface area contributed by atoms with E-state index >= 15 is 0 Å². The zero-order valence-corrected chi connectivity index (χ0v) is 11.8. The summed E-state index contributed by atoms with van der Waals surface area (Å²) in [6.45, 7) is 1.33. The lowest BCUT2D eigenvalue weighted by Gasteiger charge is -2.09. The third kappa shape index (κ3) is 3.20. The average molecular weight is 284 g/mol. The average Bonchev–Trinajstić information content (AvgIpc) is 2.48. The summed E-state index contributed by atoms with van der Waals surface area (Å²) in [7, 11) is 1.26. The highest BCUT2D eigenvalue weighted by Crippen LogP contribution is 2.26. The predicted octanol–water partition coefficient (Wildman–Crippen LogP) is 2.07. The Morgan fingerprint density at radius 1 is 1.14 bits per heavy atom. The number of amides is 1. The molecule has 2 aromatic rings. The van der Waals surface area contributed by atoms with Crippen LogP contribution in [0.5, 0.6) is 0 Å². The zero-order valence-electron chi connectivity index (χ0n) is 11.8. The van der Waals surface area contributed by atoms with Crippen molar-refractivity contribution >= 4 is 34.4 Å². The summed E-state index contributed by atoms with van der Waals surface area (Å²) in [5.74, 6) is -0.947. The molecule has 0 unspecified atom stereocenters. The fourth-order valence-electron chi connectivity index (χ4n) is 2.07. The minimum atomic E-state index is -0.605. The van der Waals surface area contributed by atoms with Crippen molar-refractivity contribution in [1.82, 2.24) is 5.32 Å². The summed E-state index contributed by atoms with van der Waals surface area (Å²) < 4.78 is 4.67. The summed E-state index contributed by atoms with van der Waals surface area (Å²) in [6.07, 6.45) is 1.58. The van der Waals surface area contributed by atoms with Crippen molar-refractivity contribution in [2.24, 2.45) is 0 Å². The molecule has 0 atom stereocenters. The van der Waals surface area contributed by atoms with Gasteiger partial charge in [0, 0.05) is 18.0 Å². The number of rotatable bonds is 3. The molecule has 2 aromatic carbocycles. The number of hydrogen-bond donors (Lipinski definition) is 2. The predicted molar refractivity (Wildman–Crippen MR) is 82.2 cm³/mol. The highest BCUT2D eigenvalue weighted by atomic mass is 16.5. The van der Waals surface area contributed by atoms with Crippen LogP contribution >= 0.6 is 0 Å². The molecule has 108 valence electrons. The number of fused-ring (bicyclic) bond motifs is 1. The normalized spacial score (nSPS) is 11.2. The fourth-order valence-corrected chi connectivity index (χ4v) is 2.07. The standard InChI is InChI=1S/C16H16N2O3/c1-10(19)18-15(16(20)21-2)9-11-7-8-14(17)13-6-4-3-5-12(11)13/h3-9H,17H2,1-2H3,(H,18,19). The Hall–Kier alpha value is -2.82. The number of methoxy groups -OCH3 is 1. The molecule has 0 bridgehead atoms. The molecule has 5 nitrogen and oxygen atoms in total. The molecule has 21 heavy (non-hydrogen) atoms. The van der Waals surface area contributed by atoms with Crippen LogP contribution in [0, 0.1) is 0 Å². The number of hydrogen-bond acceptors (Lipinski definition) is 4. The number of anilines is 1. The molecule has 0 saturated heterocycles. The van der Waals surface area contributed by atoms with E-state index in [4.69, 9.17) is 5.73 Å². The van der Waals surface area contributed by atoms with Gasteiger partial charge in [-0.1, -0.05) is 30.3 Å². The number of carbonyl (C=O) groups excluding carboxylic acids is 2. The van der Waals surface area contributed by atoms with E-state index in [0.717, 1.165) is 16.3 Å². The molecule has 3 N–H and O–H groups in total. The summed E-state index contributed by atoms with van der Waals surface area (Å²) in [4.78, 5) is 22.9. The molecule has 0 heterocycles. The summed E-state index contributed by atoms with van der Waals surface area (Å²) in [6, 6.07) is 11.1. The minimum Gasteiger partial charge on any atom is -0.464 e. The van der Waals surface area contributed by atoms with Crippen LogP contribution in [0.1, 0.15) is 12.5 Å². The second-order valence-electron chi connectivity index (χ2n) is 4.52. The number of carbonyl (C=O) groups is 2. The SMILES string of the molecule is COC(=O)C(=Cc1ccc(N)c2ccccc12)NC(C)=O. The van der Waals surface area contributed by atoms with Crippen molar-refractivity contribution in [3.63, 3.8) is 0 Å². The molecule has 0 radical (unpaired) electrons. The third-order valence-corrected chi connectivity index (χ3v) is 3.01. The first-order chi connectivity index (χ1) is 10.0. The highest BCUT2D eigenvalue weighted by molar-refractivity contribution is 6.03. The van der Waals surface area contributed by atoms with Gasteiger partial charge in [-0.3, -0.25) is 4.79 Å². The van der Waals surface area contributed by atoms with E-state index in [1.54, 1.807) is 18.2 Å². The summed E-state index contributed by atoms with van der Waals surface area (Å²) in [5, 5.41) is 4.25. The van der Waals surface area contributed by atoms with Gasteiger partial charge in [-0.05, 0) is 23.1 Å². The van der Waals surface area contributed by atoms with Gasteiger partial charge in [0.25, 0.3) is 0 Å². The van der Waals surface area contributed by atoms with E-state index in [1.165, 1.54) is 14.0 Å². The van der Waals surface area contributed by atoms with Crippen molar-refractivity contribution < 1.29 is 14.3 Å². The van der Waals surface area contributed by atoms with Crippen LogP contribution < -0.4 is 11.1 Å².